The van der Waals surface area contributed by atoms with Crippen LogP contribution in [0.25, 0.3) is 0 Å². The number of hydrogen-bond donors (Lipinski definition) is 1. The number of amides is 2. The van der Waals surface area contributed by atoms with E-state index in [0.717, 1.165) is 0 Å². The lowest BCUT2D eigenvalue weighted by Crippen LogP contribution is -2.32. The molecule has 1 atom stereocenters. The quantitative estimate of drug-likeness (QED) is 0.632. The number of methoxy groups -OCH3 is 3. The molecule has 0 aliphatic carbocycles. The van der Waals surface area contributed by atoms with E-state index in [1.54, 1.807) is 30.3 Å². The maximum absolute atomic E-state index is 12.7. The summed E-state index contributed by atoms with van der Waals surface area (Å²) in [7, 11) is 4.42. The third-order valence-corrected chi connectivity index (χ3v) is 5.10. The first-order valence-electron chi connectivity index (χ1n) is 9.78. The van der Waals surface area contributed by atoms with Crippen molar-refractivity contribution in [2.75, 3.05) is 32.8 Å². The van der Waals surface area contributed by atoms with Gasteiger partial charge in [-0.3, -0.25) is 9.59 Å². The zero-order chi connectivity index (χ0) is 23.3. The van der Waals surface area contributed by atoms with E-state index in [1.165, 1.54) is 32.3 Å². The lowest BCUT2D eigenvalue weighted by molar-refractivity contribution is -0.126. The SMILES string of the molecule is COc1cc(N2CC(C(=O)NCc3ccccc3OC(F)F)CC2=O)cc(OC)c1OC. The Morgan fingerprint density at radius 1 is 1.09 bits per heavy atom. The lowest BCUT2D eigenvalue weighted by atomic mass is 10.1. The summed E-state index contributed by atoms with van der Waals surface area (Å²) in [6.45, 7) is -2.82. The minimum Gasteiger partial charge on any atom is -0.493 e. The van der Waals surface area contributed by atoms with Crippen molar-refractivity contribution in [2.24, 2.45) is 5.92 Å². The van der Waals surface area contributed by atoms with Crippen LogP contribution in [0, 0.1) is 5.92 Å². The highest BCUT2D eigenvalue weighted by Crippen LogP contribution is 2.42. The molecule has 172 valence electrons. The molecule has 2 amide bonds. The molecule has 2 aromatic rings. The van der Waals surface area contributed by atoms with Gasteiger partial charge in [0.15, 0.2) is 11.5 Å². The van der Waals surface area contributed by atoms with Crippen molar-refractivity contribution >= 4 is 17.5 Å². The Morgan fingerprint density at radius 3 is 2.34 bits per heavy atom. The summed E-state index contributed by atoms with van der Waals surface area (Å²) >= 11 is 0. The molecule has 0 spiro atoms. The van der Waals surface area contributed by atoms with Crippen molar-refractivity contribution < 1.29 is 37.3 Å². The number of para-hydroxylation sites is 1. The molecular weight excluding hydrogens is 426 g/mol. The Labute approximate surface area is 184 Å². The van der Waals surface area contributed by atoms with Gasteiger partial charge < -0.3 is 29.2 Å². The van der Waals surface area contributed by atoms with E-state index < -0.39 is 12.5 Å². The third kappa shape index (κ3) is 5.01. The monoisotopic (exact) mass is 450 g/mol. The van der Waals surface area contributed by atoms with Crippen LogP contribution in [0.5, 0.6) is 23.0 Å². The van der Waals surface area contributed by atoms with Crippen LogP contribution in [0.3, 0.4) is 0 Å². The maximum atomic E-state index is 12.7. The standard InChI is InChI=1S/C22H24F2N2O6/c1-29-17-9-15(10-18(30-2)20(17)31-3)26-12-14(8-19(26)27)21(28)25-11-13-6-4-5-7-16(13)32-22(23)24/h4-7,9-10,14,22H,8,11-12H2,1-3H3,(H,25,28). The van der Waals surface area contributed by atoms with E-state index in [9.17, 15) is 18.4 Å². The fourth-order valence-corrected chi connectivity index (χ4v) is 3.54. The van der Waals surface area contributed by atoms with Crippen molar-refractivity contribution in [3.05, 3.63) is 42.0 Å². The molecule has 1 saturated heterocycles. The van der Waals surface area contributed by atoms with Crippen molar-refractivity contribution in [1.82, 2.24) is 5.32 Å². The first-order valence-corrected chi connectivity index (χ1v) is 9.78. The fourth-order valence-electron chi connectivity index (χ4n) is 3.54. The van der Waals surface area contributed by atoms with E-state index in [2.05, 4.69) is 10.1 Å². The van der Waals surface area contributed by atoms with Gasteiger partial charge in [0.1, 0.15) is 5.75 Å². The second-order valence-corrected chi connectivity index (χ2v) is 6.99. The Morgan fingerprint density at radius 2 is 1.75 bits per heavy atom. The number of nitrogens with one attached hydrogen (secondary N) is 1. The second kappa shape index (κ2) is 10.2. The molecular formula is C22H24F2N2O6. The minimum absolute atomic E-state index is 0.00337. The van der Waals surface area contributed by atoms with Crippen LogP contribution in [-0.2, 0) is 16.1 Å². The average Bonchev–Trinajstić information content (AvgIpc) is 3.18. The van der Waals surface area contributed by atoms with Crippen LogP contribution >= 0.6 is 0 Å². The van der Waals surface area contributed by atoms with E-state index in [1.807, 2.05) is 0 Å². The van der Waals surface area contributed by atoms with Gasteiger partial charge in [-0.2, -0.15) is 8.78 Å². The number of halogens is 2. The summed E-state index contributed by atoms with van der Waals surface area (Å²) in [6.07, 6.45) is 0.0116. The van der Waals surface area contributed by atoms with E-state index >= 15 is 0 Å². The van der Waals surface area contributed by atoms with Gasteiger partial charge in [0.2, 0.25) is 17.6 Å². The molecule has 0 saturated carbocycles. The number of carbonyl (C=O) groups is 2. The zero-order valence-electron chi connectivity index (χ0n) is 17.9. The third-order valence-electron chi connectivity index (χ3n) is 5.10. The van der Waals surface area contributed by atoms with E-state index in [0.29, 0.717) is 28.5 Å². The first kappa shape index (κ1) is 23.1. The van der Waals surface area contributed by atoms with Gasteiger partial charge in [0.25, 0.3) is 0 Å². The molecule has 8 nitrogen and oxygen atoms in total. The number of hydrogen-bond acceptors (Lipinski definition) is 6. The van der Waals surface area contributed by atoms with Crippen molar-refractivity contribution in [2.45, 2.75) is 19.6 Å². The molecule has 1 fully saturated rings. The van der Waals surface area contributed by atoms with Gasteiger partial charge in [-0.05, 0) is 6.07 Å². The molecule has 3 rings (SSSR count). The highest BCUT2D eigenvalue weighted by atomic mass is 19.3. The number of alkyl halides is 2. The van der Waals surface area contributed by atoms with Crippen LogP contribution in [0.15, 0.2) is 36.4 Å². The number of benzene rings is 2. The Balaban J connectivity index is 1.70. The second-order valence-electron chi connectivity index (χ2n) is 6.99. The molecule has 0 aromatic heterocycles. The van der Waals surface area contributed by atoms with Crippen molar-refractivity contribution in [1.29, 1.82) is 0 Å². The van der Waals surface area contributed by atoms with Crippen LogP contribution in [0.1, 0.15) is 12.0 Å². The molecule has 1 N–H and O–H groups in total. The van der Waals surface area contributed by atoms with E-state index in [-0.39, 0.29) is 37.1 Å². The lowest BCUT2D eigenvalue weighted by Gasteiger charge is -2.20. The molecule has 0 radical (unpaired) electrons. The van der Waals surface area contributed by atoms with Crippen molar-refractivity contribution in [3.8, 4) is 23.0 Å². The van der Waals surface area contributed by atoms with Crippen LogP contribution in [0.4, 0.5) is 14.5 Å². The Kier molecular flexibility index (Phi) is 7.34. The summed E-state index contributed by atoms with van der Waals surface area (Å²) in [6, 6.07) is 9.48. The molecule has 1 heterocycles. The molecule has 10 heteroatoms. The maximum Gasteiger partial charge on any atom is 0.387 e. The van der Waals surface area contributed by atoms with Gasteiger partial charge in [0.05, 0.1) is 32.9 Å². The summed E-state index contributed by atoms with van der Waals surface area (Å²) in [5.74, 6) is -0.0455. The average molecular weight is 450 g/mol. The zero-order valence-corrected chi connectivity index (χ0v) is 17.9. The fraction of sp³-hybridized carbons (Fsp3) is 0.364. The van der Waals surface area contributed by atoms with Crippen molar-refractivity contribution in [3.63, 3.8) is 0 Å². The molecule has 2 aromatic carbocycles. The predicted octanol–water partition coefficient (Wildman–Crippen LogP) is 2.98. The summed E-state index contributed by atoms with van der Waals surface area (Å²) < 4.78 is 45.6. The van der Waals surface area contributed by atoms with E-state index in [4.69, 9.17) is 14.2 Å². The number of nitrogens with zero attached hydrogens (tertiary/aromatic N) is 1. The smallest absolute Gasteiger partial charge is 0.387 e. The van der Waals surface area contributed by atoms with Crippen LogP contribution in [0.2, 0.25) is 0 Å². The normalized spacial score (nSPS) is 15.6. The topological polar surface area (TPSA) is 86.3 Å². The van der Waals surface area contributed by atoms with Crippen LogP contribution in [-0.4, -0.2) is 46.3 Å². The molecule has 0 bridgehead atoms. The number of ether oxygens (including phenoxy) is 4. The Hall–Kier alpha value is -3.56. The van der Waals surface area contributed by atoms with Gasteiger partial charge in [-0.15, -0.1) is 0 Å². The number of carbonyl (C=O) groups excluding carboxylic acids is 2. The molecule has 32 heavy (non-hydrogen) atoms. The highest BCUT2D eigenvalue weighted by molar-refractivity contribution is 6.00. The van der Waals surface area contributed by atoms with Gasteiger partial charge in [0, 0.05) is 37.2 Å². The summed E-state index contributed by atoms with van der Waals surface area (Å²) in [5.41, 5.74) is 0.919. The Bertz CT molecular complexity index is 960. The minimum atomic E-state index is -2.97. The van der Waals surface area contributed by atoms with Crippen LogP contribution < -0.4 is 29.2 Å². The molecule has 1 aliphatic heterocycles. The van der Waals surface area contributed by atoms with Gasteiger partial charge >= 0.3 is 6.61 Å². The van der Waals surface area contributed by atoms with Gasteiger partial charge in [-0.1, -0.05) is 18.2 Å². The van der Waals surface area contributed by atoms with Gasteiger partial charge in [-0.25, -0.2) is 0 Å². The molecule has 1 aliphatic rings. The number of anilines is 1. The summed E-state index contributed by atoms with van der Waals surface area (Å²) in [5, 5.41) is 2.70. The number of rotatable bonds is 9. The highest BCUT2D eigenvalue weighted by Gasteiger charge is 2.36. The largest absolute Gasteiger partial charge is 0.493 e. The summed E-state index contributed by atoms with van der Waals surface area (Å²) in [4.78, 5) is 26.8. The predicted molar refractivity (Wildman–Crippen MR) is 111 cm³/mol. The molecule has 1 unspecified atom stereocenters. The first-order chi connectivity index (χ1) is 15.4.